The fourth-order valence-electron chi connectivity index (χ4n) is 3.39. The molecule has 1 aromatic rings. The molecule has 22 heavy (non-hydrogen) atoms. The first kappa shape index (κ1) is 19.5. The number of nitrogens with one attached hydrogen (secondary N) is 1. The van der Waals surface area contributed by atoms with Gasteiger partial charge in [0.2, 0.25) is 0 Å². The van der Waals surface area contributed by atoms with E-state index in [0.29, 0.717) is 17.7 Å². The monoisotopic (exact) mass is 350 g/mol. The Balaban J connectivity index is 0.00000121. The van der Waals surface area contributed by atoms with E-state index >= 15 is 0 Å². The van der Waals surface area contributed by atoms with Crippen molar-refractivity contribution in [3.8, 4) is 5.75 Å². The molecule has 0 amide bonds. The lowest BCUT2D eigenvalue weighted by Gasteiger charge is -2.43. The molecule has 3 nitrogen and oxygen atoms in total. The van der Waals surface area contributed by atoms with E-state index in [4.69, 9.17) is 4.74 Å². The van der Waals surface area contributed by atoms with Gasteiger partial charge >= 0.3 is 0 Å². The smallest absolute Gasteiger partial charge is 0.126 e. The third-order valence-corrected chi connectivity index (χ3v) is 4.66. The molecule has 2 fully saturated rings. The van der Waals surface area contributed by atoms with E-state index in [-0.39, 0.29) is 30.6 Å². The van der Waals surface area contributed by atoms with Crippen molar-refractivity contribution in [2.45, 2.75) is 25.3 Å². The summed E-state index contributed by atoms with van der Waals surface area (Å²) < 4.78 is 18.9. The van der Waals surface area contributed by atoms with Gasteiger partial charge in [-0.1, -0.05) is 12.5 Å². The first-order chi connectivity index (χ1) is 9.79. The van der Waals surface area contributed by atoms with Gasteiger partial charge < -0.3 is 10.1 Å². The summed E-state index contributed by atoms with van der Waals surface area (Å²) in [7, 11) is 1.63. The average molecular weight is 351 g/mol. The maximum absolute atomic E-state index is 13.4. The Kier molecular flexibility index (Phi) is 7.90. The van der Waals surface area contributed by atoms with Gasteiger partial charge in [-0.2, -0.15) is 0 Å². The first-order valence-electron chi connectivity index (χ1n) is 7.58. The SMILES string of the molecule is COc1cc(F)ccc1[C@@H](C1CCC1)N1CCNCC1.Cl.Cl. The van der Waals surface area contributed by atoms with Crippen LogP contribution in [-0.4, -0.2) is 38.2 Å². The van der Waals surface area contributed by atoms with Gasteiger partial charge in [0, 0.05) is 43.9 Å². The Morgan fingerprint density at radius 2 is 1.91 bits per heavy atom. The third-order valence-electron chi connectivity index (χ3n) is 4.66. The Hall–Kier alpha value is -0.550. The van der Waals surface area contributed by atoms with Crippen molar-refractivity contribution in [3.63, 3.8) is 0 Å². The van der Waals surface area contributed by atoms with Gasteiger partial charge in [0.25, 0.3) is 0 Å². The Morgan fingerprint density at radius 1 is 1.23 bits per heavy atom. The first-order valence-corrected chi connectivity index (χ1v) is 7.58. The molecule has 0 unspecified atom stereocenters. The Bertz CT molecular complexity index is 465. The van der Waals surface area contributed by atoms with E-state index in [1.807, 2.05) is 6.07 Å². The number of hydrogen-bond acceptors (Lipinski definition) is 3. The van der Waals surface area contributed by atoms with E-state index in [9.17, 15) is 4.39 Å². The highest BCUT2D eigenvalue weighted by Gasteiger charge is 2.35. The molecule has 1 aliphatic carbocycles. The Morgan fingerprint density at radius 3 is 2.45 bits per heavy atom. The lowest BCUT2D eigenvalue weighted by atomic mass is 9.76. The van der Waals surface area contributed by atoms with Gasteiger partial charge in [0.05, 0.1) is 7.11 Å². The number of halogens is 3. The number of methoxy groups -OCH3 is 1. The molecule has 1 saturated carbocycles. The predicted molar refractivity (Wildman–Crippen MR) is 92.0 cm³/mol. The lowest BCUT2D eigenvalue weighted by molar-refractivity contribution is 0.0818. The molecular formula is C16H25Cl2FN2O. The van der Waals surface area contributed by atoms with E-state index in [0.717, 1.165) is 31.7 Å². The zero-order valence-corrected chi connectivity index (χ0v) is 14.5. The molecular weight excluding hydrogens is 326 g/mol. The van der Waals surface area contributed by atoms with Gasteiger partial charge in [-0.15, -0.1) is 24.8 Å². The molecule has 1 heterocycles. The van der Waals surface area contributed by atoms with Crippen LogP contribution in [-0.2, 0) is 0 Å². The summed E-state index contributed by atoms with van der Waals surface area (Å²) in [5, 5.41) is 3.40. The second-order valence-electron chi connectivity index (χ2n) is 5.81. The van der Waals surface area contributed by atoms with Crippen molar-refractivity contribution in [2.75, 3.05) is 33.3 Å². The Labute approximate surface area is 144 Å². The zero-order valence-electron chi connectivity index (χ0n) is 12.9. The minimum atomic E-state index is -0.224. The summed E-state index contributed by atoms with van der Waals surface area (Å²) in [4.78, 5) is 2.54. The molecule has 6 heteroatoms. The van der Waals surface area contributed by atoms with Crippen LogP contribution in [0.3, 0.4) is 0 Å². The van der Waals surface area contributed by atoms with Gasteiger partial charge in [-0.25, -0.2) is 4.39 Å². The van der Waals surface area contributed by atoms with Gasteiger partial charge in [-0.3, -0.25) is 4.90 Å². The third kappa shape index (κ3) is 4.05. The number of nitrogens with zero attached hydrogens (tertiary/aromatic N) is 1. The van der Waals surface area contributed by atoms with Crippen LogP contribution < -0.4 is 10.1 Å². The van der Waals surface area contributed by atoms with Crippen molar-refractivity contribution in [1.29, 1.82) is 0 Å². The van der Waals surface area contributed by atoms with Crippen LogP contribution >= 0.6 is 24.8 Å². The maximum Gasteiger partial charge on any atom is 0.126 e. The summed E-state index contributed by atoms with van der Waals surface area (Å²) in [6, 6.07) is 5.37. The summed E-state index contributed by atoms with van der Waals surface area (Å²) in [6.45, 7) is 4.18. The van der Waals surface area contributed by atoms with Crippen molar-refractivity contribution >= 4 is 24.8 Å². The second kappa shape index (κ2) is 8.92. The molecule has 0 spiro atoms. The molecule has 2 aliphatic rings. The van der Waals surface area contributed by atoms with Crippen LogP contribution in [0, 0.1) is 11.7 Å². The van der Waals surface area contributed by atoms with Crippen LogP contribution in [0.5, 0.6) is 5.75 Å². The molecule has 1 aliphatic heterocycles. The highest BCUT2D eigenvalue weighted by atomic mass is 35.5. The summed E-state index contributed by atoms with van der Waals surface area (Å²) in [6.07, 6.45) is 3.86. The molecule has 1 saturated heterocycles. The predicted octanol–water partition coefficient (Wildman–Crippen LogP) is 3.42. The van der Waals surface area contributed by atoms with E-state index in [2.05, 4.69) is 10.2 Å². The fourth-order valence-corrected chi connectivity index (χ4v) is 3.39. The van der Waals surface area contributed by atoms with Gasteiger partial charge in [0.15, 0.2) is 0 Å². The van der Waals surface area contributed by atoms with Gasteiger partial charge in [-0.05, 0) is 24.8 Å². The molecule has 0 aromatic heterocycles. The standard InChI is InChI=1S/C16H23FN2O.2ClH/c1-20-15-11-13(17)5-6-14(15)16(12-3-2-4-12)19-9-7-18-8-10-19;;/h5-6,11-12,16,18H,2-4,7-10H2,1H3;2*1H/t16-;;/m1../s1. The van der Waals surface area contributed by atoms with Gasteiger partial charge in [0.1, 0.15) is 11.6 Å². The molecule has 0 bridgehead atoms. The fraction of sp³-hybridized carbons (Fsp3) is 0.625. The average Bonchev–Trinajstić information content (AvgIpc) is 2.44. The van der Waals surface area contributed by atoms with Crippen LogP contribution in [0.2, 0.25) is 0 Å². The highest BCUT2D eigenvalue weighted by Crippen LogP contribution is 2.44. The molecule has 1 aromatic carbocycles. The minimum Gasteiger partial charge on any atom is -0.496 e. The summed E-state index contributed by atoms with van der Waals surface area (Å²) >= 11 is 0. The topological polar surface area (TPSA) is 24.5 Å². The normalized spacial score (nSPS) is 20.3. The van der Waals surface area contributed by atoms with E-state index in [1.165, 1.54) is 25.3 Å². The highest BCUT2D eigenvalue weighted by molar-refractivity contribution is 5.85. The molecule has 1 atom stereocenters. The van der Waals surface area contributed by atoms with Crippen molar-refractivity contribution in [2.24, 2.45) is 5.92 Å². The summed E-state index contributed by atoms with van der Waals surface area (Å²) in [5.74, 6) is 1.16. The van der Waals surface area contributed by atoms with Crippen molar-refractivity contribution < 1.29 is 9.13 Å². The number of ether oxygens (including phenoxy) is 1. The zero-order chi connectivity index (χ0) is 13.9. The van der Waals surface area contributed by atoms with Crippen LogP contribution in [0.15, 0.2) is 18.2 Å². The molecule has 0 radical (unpaired) electrons. The number of hydrogen-bond donors (Lipinski definition) is 1. The molecule has 1 N–H and O–H groups in total. The molecule has 3 rings (SSSR count). The number of rotatable bonds is 4. The second-order valence-corrected chi connectivity index (χ2v) is 5.81. The summed E-state index contributed by atoms with van der Waals surface area (Å²) in [5.41, 5.74) is 1.15. The van der Waals surface area contributed by atoms with Crippen LogP contribution in [0.1, 0.15) is 30.9 Å². The largest absolute Gasteiger partial charge is 0.496 e. The number of benzene rings is 1. The van der Waals surface area contributed by atoms with Crippen LogP contribution in [0.4, 0.5) is 4.39 Å². The van der Waals surface area contributed by atoms with E-state index in [1.54, 1.807) is 13.2 Å². The number of piperazine rings is 1. The van der Waals surface area contributed by atoms with E-state index < -0.39 is 0 Å². The van der Waals surface area contributed by atoms with Crippen molar-refractivity contribution in [3.05, 3.63) is 29.6 Å². The maximum atomic E-state index is 13.4. The lowest BCUT2D eigenvalue weighted by Crippen LogP contribution is -2.47. The van der Waals surface area contributed by atoms with Crippen LogP contribution in [0.25, 0.3) is 0 Å². The minimum absolute atomic E-state index is 0. The quantitative estimate of drug-likeness (QED) is 0.900. The molecule has 126 valence electrons. The van der Waals surface area contributed by atoms with Crippen molar-refractivity contribution in [1.82, 2.24) is 10.2 Å².